The number of halogens is 1. The lowest BCUT2D eigenvalue weighted by molar-refractivity contribution is -0.120. The first-order chi connectivity index (χ1) is 16.6. The summed E-state index contributed by atoms with van der Waals surface area (Å²) in [7, 11) is -0.586. The number of fused-ring (bicyclic) bond motifs is 1. The molecule has 1 heterocycles. The number of rotatable bonds is 7. The van der Waals surface area contributed by atoms with Crippen molar-refractivity contribution in [3.05, 3.63) is 77.1 Å². The molecule has 1 saturated carbocycles. The maximum atomic E-state index is 14.9. The minimum Gasteiger partial charge on any atom is -0.454 e. The Kier molecular flexibility index (Phi) is 5.68. The van der Waals surface area contributed by atoms with E-state index in [4.69, 9.17) is 9.47 Å². The van der Waals surface area contributed by atoms with E-state index in [1.807, 2.05) is 18.2 Å². The predicted molar refractivity (Wildman–Crippen MR) is 130 cm³/mol. The number of nitrogens with zero attached hydrogens (tertiary/aromatic N) is 1. The molecule has 0 bridgehead atoms. The van der Waals surface area contributed by atoms with Crippen LogP contribution in [0.15, 0.2) is 59.5 Å². The summed E-state index contributed by atoms with van der Waals surface area (Å²) < 4.78 is 51.7. The zero-order chi connectivity index (χ0) is 25.0. The van der Waals surface area contributed by atoms with Gasteiger partial charge in [0.25, 0.3) is 0 Å². The quantitative estimate of drug-likeness (QED) is 0.478. The molecule has 0 atom stereocenters. The van der Waals surface area contributed by atoms with E-state index in [2.05, 4.69) is 0 Å². The Labute approximate surface area is 204 Å². The lowest BCUT2D eigenvalue weighted by Gasteiger charge is -2.17. The van der Waals surface area contributed by atoms with Gasteiger partial charge in [0, 0.05) is 20.5 Å². The first-order valence-electron chi connectivity index (χ1n) is 11.4. The second-order valence-corrected chi connectivity index (χ2v) is 11.5. The second kappa shape index (κ2) is 8.46. The summed E-state index contributed by atoms with van der Waals surface area (Å²) in [6, 6.07) is 15.2. The molecule has 3 aromatic carbocycles. The number of sulfonamides is 1. The van der Waals surface area contributed by atoms with Crippen LogP contribution in [0, 0.1) is 12.7 Å². The Hall–Kier alpha value is -3.23. The van der Waals surface area contributed by atoms with E-state index >= 15 is 0 Å². The molecule has 6 nitrogen and oxygen atoms in total. The highest BCUT2D eigenvalue weighted by molar-refractivity contribution is 7.89. The summed E-state index contributed by atoms with van der Waals surface area (Å²) in [6.45, 7) is 1.96. The number of Topliss-reactive ketones (excluding diaryl/α,β-unsaturated/α-hetero) is 1. The Balaban J connectivity index is 1.42. The number of carbonyl (C=O) groups excluding carboxylic acids is 1. The zero-order valence-corrected chi connectivity index (χ0v) is 20.6. The summed E-state index contributed by atoms with van der Waals surface area (Å²) in [6.07, 6.45) is 1.40. The highest BCUT2D eigenvalue weighted by Crippen LogP contribution is 2.51. The van der Waals surface area contributed by atoms with E-state index in [1.165, 1.54) is 32.3 Å². The largest absolute Gasteiger partial charge is 0.454 e. The third kappa shape index (κ3) is 4.10. The summed E-state index contributed by atoms with van der Waals surface area (Å²) in [5.41, 5.74) is 2.80. The van der Waals surface area contributed by atoms with Gasteiger partial charge in [-0.15, -0.1) is 0 Å². The Bertz CT molecular complexity index is 1430. The average molecular weight is 496 g/mol. The lowest BCUT2D eigenvalue weighted by Crippen LogP contribution is -2.23. The molecule has 0 unspecified atom stereocenters. The van der Waals surface area contributed by atoms with Gasteiger partial charge in [0.05, 0.1) is 10.3 Å². The average Bonchev–Trinajstić information content (AvgIpc) is 3.51. The van der Waals surface area contributed by atoms with Crippen molar-refractivity contribution in [2.75, 3.05) is 20.9 Å². The molecule has 1 fully saturated rings. The highest BCUT2D eigenvalue weighted by atomic mass is 32.2. The van der Waals surface area contributed by atoms with Crippen LogP contribution in [0.5, 0.6) is 11.5 Å². The van der Waals surface area contributed by atoms with Gasteiger partial charge in [0.1, 0.15) is 11.6 Å². The first-order valence-corrected chi connectivity index (χ1v) is 12.8. The van der Waals surface area contributed by atoms with Crippen molar-refractivity contribution >= 4 is 15.8 Å². The molecule has 1 aliphatic carbocycles. The van der Waals surface area contributed by atoms with Crippen molar-refractivity contribution in [2.45, 2.75) is 36.5 Å². The van der Waals surface area contributed by atoms with Crippen LogP contribution < -0.4 is 9.47 Å². The van der Waals surface area contributed by atoms with Gasteiger partial charge in [-0.05, 0) is 84.0 Å². The molecule has 8 heteroatoms. The van der Waals surface area contributed by atoms with E-state index in [0.717, 1.165) is 21.0 Å². The van der Waals surface area contributed by atoms with Gasteiger partial charge < -0.3 is 9.47 Å². The molecule has 2 aliphatic rings. The molecular formula is C27H26FNO5S. The van der Waals surface area contributed by atoms with Gasteiger partial charge >= 0.3 is 0 Å². The van der Waals surface area contributed by atoms with Crippen LogP contribution >= 0.6 is 0 Å². The smallest absolute Gasteiger partial charge is 0.242 e. The fourth-order valence-corrected chi connectivity index (χ4v) is 5.47. The van der Waals surface area contributed by atoms with Gasteiger partial charge in [0.2, 0.25) is 16.8 Å². The normalized spacial score (nSPS) is 15.9. The lowest BCUT2D eigenvalue weighted by atomic mass is 9.86. The van der Waals surface area contributed by atoms with E-state index < -0.39 is 21.3 Å². The topological polar surface area (TPSA) is 72.9 Å². The maximum absolute atomic E-state index is 14.9. The Morgan fingerprint density at radius 3 is 2.34 bits per heavy atom. The van der Waals surface area contributed by atoms with Gasteiger partial charge in [-0.2, -0.15) is 0 Å². The SMILES string of the molecule is Cc1cc(F)c(CC(=O)C2(c3ccc4c(c3)OCO4)CC2)cc1-c1ccc(S(=O)(=O)N(C)C)cc1. The highest BCUT2D eigenvalue weighted by Gasteiger charge is 2.51. The molecule has 0 saturated heterocycles. The summed E-state index contributed by atoms with van der Waals surface area (Å²) >= 11 is 0. The number of hydrogen-bond donors (Lipinski definition) is 0. The summed E-state index contributed by atoms with van der Waals surface area (Å²) in [5, 5.41) is 0. The number of ether oxygens (including phenoxy) is 2. The van der Waals surface area contributed by atoms with Crippen molar-refractivity contribution in [1.29, 1.82) is 0 Å². The van der Waals surface area contributed by atoms with Crippen molar-refractivity contribution < 1.29 is 27.1 Å². The molecule has 1 aliphatic heterocycles. The summed E-state index contributed by atoms with van der Waals surface area (Å²) in [5.74, 6) is 0.839. The fraction of sp³-hybridized carbons (Fsp3) is 0.296. The fourth-order valence-electron chi connectivity index (χ4n) is 4.57. The molecular weight excluding hydrogens is 469 g/mol. The molecule has 0 amide bonds. The van der Waals surface area contributed by atoms with E-state index in [1.54, 1.807) is 25.1 Å². The third-order valence-corrected chi connectivity index (χ3v) is 8.73. The van der Waals surface area contributed by atoms with Gasteiger partial charge in [-0.3, -0.25) is 4.79 Å². The van der Waals surface area contributed by atoms with Crippen molar-refractivity contribution in [2.24, 2.45) is 0 Å². The monoisotopic (exact) mass is 495 g/mol. The molecule has 5 rings (SSSR count). The standard InChI is InChI=1S/C27H26FNO5S/c1-17-12-23(28)19(13-22(17)18-4-7-21(8-5-18)35(31,32)29(2)3)14-26(30)27(10-11-27)20-6-9-24-25(15-20)34-16-33-24/h4-9,12-13,15H,10-11,14,16H2,1-3H3. The van der Waals surface area contributed by atoms with E-state index in [9.17, 15) is 17.6 Å². The number of benzene rings is 3. The van der Waals surface area contributed by atoms with Crippen molar-refractivity contribution in [3.8, 4) is 22.6 Å². The maximum Gasteiger partial charge on any atom is 0.242 e. The van der Waals surface area contributed by atoms with Gasteiger partial charge in [-0.1, -0.05) is 18.2 Å². The molecule has 182 valence electrons. The van der Waals surface area contributed by atoms with Crippen LogP contribution in [0.1, 0.15) is 29.5 Å². The van der Waals surface area contributed by atoms with E-state index in [0.29, 0.717) is 35.5 Å². The second-order valence-electron chi connectivity index (χ2n) is 9.32. The number of carbonyl (C=O) groups is 1. The number of hydrogen-bond acceptors (Lipinski definition) is 5. The summed E-state index contributed by atoms with van der Waals surface area (Å²) in [4.78, 5) is 13.6. The van der Waals surface area contributed by atoms with E-state index in [-0.39, 0.29) is 23.9 Å². The van der Waals surface area contributed by atoms with Crippen LogP contribution in [-0.4, -0.2) is 39.4 Å². The van der Waals surface area contributed by atoms with Crippen LogP contribution in [-0.2, 0) is 26.7 Å². The predicted octanol–water partition coefficient (Wildman–Crippen LogP) is 4.62. The number of ketones is 1. The third-order valence-electron chi connectivity index (χ3n) is 6.90. The number of aryl methyl sites for hydroxylation is 1. The minimum absolute atomic E-state index is 0.0271. The molecule has 0 radical (unpaired) electrons. The van der Waals surface area contributed by atoms with Crippen molar-refractivity contribution in [3.63, 3.8) is 0 Å². The Morgan fingerprint density at radius 1 is 1.00 bits per heavy atom. The molecule has 3 aromatic rings. The van der Waals surface area contributed by atoms with Gasteiger partial charge in [0.15, 0.2) is 11.5 Å². The Morgan fingerprint density at radius 2 is 1.69 bits per heavy atom. The van der Waals surface area contributed by atoms with Crippen LogP contribution in [0.25, 0.3) is 11.1 Å². The van der Waals surface area contributed by atoms with Crippen molar-refractivity contribution in [1.82, 2.24) is 4.31 Å². The molecule has 35 heavy (non-hydrogen) atoms. The molecule has 0 aromatic heterocycles. The van der Waals surface area contributed by atoms with Crippen LogP contribution in [0.3, 0.4) is 0 Å². The first kappa shape index (κ1) is 23.5. The molecule has 0 N–H and O–H groups in total. The minimum atomic E-state index is -3.54. The molecule has 0 spiro atoms. The van der Waals surface area contributed by atoms with Crippen LogP contribution in [0.4, 0.5) is 4.39 Å². The van der Waals surface area contributed by atoms with Gasteiger partial charge in [-0.25, -0.2) is 17.1 Å². The zero-order valence-electron chi connectivity index (χ0n) is 19.8. The van der Waals surface area contributed by atoms with Crippen LogP contribution in [0.2, 0.25) is 0 Å².